The quantitative estimate of drug-likeness (QED) is 0.567. The van der Waals surface area contributed by atoms with Crippen molar-refractivity contribution in [3.05, 3.63) is 35.1 Å². The zero-order valence-electron chi connectivity index (χ0n) is 13.1. The second-order valence-corrected chi connectivity index (χ2v) is 5.12. The van der Waals surface area contributed by atoms with Crippen molar-refractivity contribution in [3.63, 3.8) is 0 Å². The number of ether oxygens (including phenoxy) is 1. The monoisotopic (exact) mass is 358 g/mol. The fraction of sp³-hybridized carbons (Fsp3) is 0.500. The lowest BCUT2D eigenvalue weighted by Gasteiger charge is -2.27. The number of carbonyl (C=O) groups is 1. The van der Waals surface area contributed by atoms with Crippen LogP contribution in [0, 0.1) is 0 Å². The normalized spacial score (nSPS) is 16.0. The van der Waals surface area contributed by atoms with Crippen LogP contribution in [0.2, 0.25) is 0 Å². The lowest BCUT2D eigenvalue weighted by atomic mass is 10.1. The fourth-order valence-electron chi connectivity index (χ4n) is 1.90. The standard InChI is InChI=1S/C14H16F6N2O2/c1-21(2)12(23)22(8-24-3)11-5-4-9(13(15,16)17)6-10(7-11)14(18,19)20/h4,6-7H,5,8H2,1-3H3. The van der Waals surface area contributed by atoms with Gasteiger partial charge in [0.2, 0.25) is 0 Å². The Balaban J connectivity index is 3.38. The maximum atomic E-state index is 13.0. The molecular formula is C14H16F6N2O2. The Morgan fingerprint density at radius 3 is 2.04 bits per heavy atom. The van der Waals surface area contributed by atoms with Crippen molar-refractivity contribution in [2.45, 2.75) is 18.8 Å². The number of carbonyl (C=O) groups excluding carboxylic acids is 1. The molecule has 1 aliphatic carbocycles. The Morgan fingerprint density at radius 2 is 1.62 bits per heavy atom. The second-order valence-electron chi connectivity index (χ2n) is 5.12. The van der Waals surface area contributed by atoms with E-state index in [4.69, 9.17) is 4.74 Å². The van der Waals surface area contributed by atoms with Gasteiger partial charge in [-0.1, -0.05) is 6.08 Å². The summed E-state index contributed by atoms with van der Waals surface area (Å²) in [6.07, 6.45) is -9.28. The Kier molecular flexibility index (Phi) is 6.09. The zero-order chi connectivity index (χ0) is 18.7. The molecule has 10 heteroatoms. The number of methoxy groups -OCH3 is 1. The molecule has 4 nitrogen and oxygen atoms in total. The number of hydrogen-bond acceptors (Lipinski definition) is 2. The van der Waals surface area contributed by atoms with E-state index in [2.05, 4.69) is 0 Å². The molecule has 0 aromatic rings. The molecule has 2 amide bonds. The van der Waals surface area contributed by atoms with Gasteiger partial charge in [-0.05, 0) is 12.2 Å². The van der Waals surface area contributed by atoms with Crippen molar-refractivity contribution in [1.82, 2.24) is 9.80 Å². The van der Waals surface area contributed by atoms with E-state index < -0.39 is 42.7 Å². The van der Waals surface area contributed by atoms with Crippen LogP contribution in [0.25, 0.3) is 0 Å². The predicted octanol–water partition coefficient (Wildman–Crippen LogP) is 3.84. The molecule has 0 aliphatic heterocycles. The van der Waals surface area contributed by atoms with Crippen molar-refractivity contribution in [1.29, 1.82) is 0 Å². The van der Waals surface area contributed by atoms with Crippen LogP contribution in [0.15, 0.2) is 35.1 Å². The summed E-state index contributed by atoms with van der Waals surface area (Å²) >= 11 is 0. The van der Waals surface area contributed by atoms with Crippen molar-refractivity contribution in [2.75, 3.05) is 27.9 Å². The van der Waals surface area contributed by atoms with Crippen LogP contribution in [-0.4, -0.2) is 56.1 Å². The van der Waals surface area contributed by atoms with Crippen LogP contribution < -0.4 is 0 Å². The number of nitrogens with zero attached hydrogens (tertiary/aromatic N) is 2. The molecule has 0 saturated heterocycles. The van der Waals surface area contributed by atoms with Gasteiger partial charge in [0.15, 0.2) is 0 Å². The molecule has 0 atom stereocenters. The van der Waals surface area contributed by atoms with Crippen LogP contribution >= 0.6 is 0 Å². The average Bonchev–Trinajstić information content (AvgIpc) is 2.66. The molecule has 0 heterocycles. The third-order valence-corrected chi connectivity index (χ3v) is 3.04. The molecule has 0 bridgehead atoms. The summed E-state index contributed by atoms with van der Waals surface area (Å²) in [6.45, 7) is -0.400. The summed E-state index contributed by atoms with van der Waals surface area (Å²) in [7, 11) is 3.93. The summed E-state index contributed by atoms with van der Waals surface area (Å²) in [4.78, 5) is 14.0. The smallest absolute Gasteiger partial charge is 0.364 e. The molecule has 0 radical (unpaired) electrons. The number of allylic oxidation sites excluding steroid dienone is 5. The van der Waals surface area contributed by atoms with Crippen molar-refractivity contribution >= 4 is 6.03 Å². The SMILES string of the molecule is COCN(C(=O)N(C)C)C1=CC(C(F)(F)F)=CC(C(F)(F)F)=CC1. The van der Waals surface area contributed by atoms with Crippen molar-refractivity contribution < 1.29 is 35.9 Å². The molecule has 0 unspecified atom stereocenters. The van der Waals surface area contributed by atoms with Gasteiger partial charge in [0.1, 0.15) is 6.73 Å². The Labute approximate surface area is 134 Å². The molecule has 0 spiro atoms. The van der Waals surface area contributed by atoms with Crippen LogP contribution in [0.1, 0.15) is 6.42 Å². The van der Waals surface area contributed by atoms with Crippen LogP contribution in [0.3, 0.4) is 0 Å². The number of urea groups is 1. The largest absolute Gasteiger partial charge is 0.416 e. The van der Waals surface area contributed by atoms with Crippen molar-refractivity contribution in [2.24, 2.45) is 0 Å². The molecular weight excluding hydrogens is 342 g/mol. The number of amides is 2. The Bertz CT molecular complexity index is 573. The summed E-state index contributed by atoms with van der Waals surface area (Å²) in [5.74, 6) is 0. The fourth-order valence-corrected chi connectivity index (χ4v) is 1.90. The highest BCUT2D eigenvalue weighted by Gasteiger charge is 2.39. The Hall–Kier alpha value is -1.97. The summed E-state index contributed by atoms with van der Waals surface area (Å²) in [5.41, 5.74) is -3.17. The maximum Gasteiger partial charge on any atom is 0.416 e. The first-order chi connectivity index (χ1) is 10.9. The van der Waals surface area contributed by atoms with E-state index >= 15 is 0 Å². The highest BCUT2D eigenvalue weighted by molar-refractivity contribution is 5.76. The Morgan fingerprint density at radius 1 is 1.08 bits per heavy atom. The molecule has 0 aromatic carbocycles. The average molecular weight is 358 g/mol. The van der Waals surface area contributed by atoms with Gasteiger partial charge in [-0.15, -0.1) is 0 Å². The van der Waals surface area contributed by atoms with Gasteiger partial charge < -0.3 is 9.64 Å². The molecule has 0 saturated carbocycles. The lowest BCUT2D eigenvalue weighted by molar-refractivity contribution is -0.0933. The van der Waals surface area contributed by atoms with Gasteiger partial charge in [-0.25, -0.2) is 4.79 Å². The lowest BCUT2D eigenvalue weighted by Crippen LogP contribution is -2.39. The minimum absolute atomic E-state index is 0.0259. The highest BCUT2D eigenvalue weighted by Crippen LogP contribution is 2.36. The van der Waals surface area contributed by atoms with Gasteiger partial charge >= 0.3 is 18.4 Å². The van der Waals surface area contributed by atoms with E-state index in [1.165, 1.54) is 21.2 Å². The first kappa shape index (κ1) is 20.1. The number of hydrogen-bond donors (Lipinski definition) is 0. The maximum absolute atomic E-state index is 13.0. The van der Waals surface area contributed by atoms with Gasteiger partial charge in [0.25, 0.3) is 0 Å². The first-order valence-electron chi connectivity index (χ1n) is 6.62. The van der Waals surface area contributed by atoms with Gasteiger partial charge in [-0.3, -0.25) is 4.90 Å². The third kappa shape index (κ3) is 5.02. The molecule has 1 aliphatic rings. The van der Waals surface area contributed by atoms with E-state index in [1.54, 1.807) is 0 Å². The number of halogens is 6. The molecule has 0 fully saturated rings. The zero-order valence-corrected chi connectivity index (χ0v) is 13.1. The summed E-state index contributed by atoms with van der Waals surface area (Å²) in [6, 6.07) is -0.714. The van der Waals surface area contributed by atoms with E-state index in [9.17, 15) is 31.1 Å². The molecule has 24 heavy (non-hydrogen) atoms. The number of alkyl halides is 6. The molecule has 1 rings (SSSR count). The first-order valence-corrected chi connectivity index (χ1v) is 6.62. The second kappa shape index (κ2) is 7.29. The van der Waals surface area contributed by atoms with Crippen molar-refractivity contribution in [3.8, 4) is 0 Å². The summed E-state index contributed by atoms with van der Waals surface area (Å²) < 4.78 is 82.3. The summed E-state index contributed by atoms with van der Waals surface area (Å²) in [5, 5.41) is 0. The van der Waals surface area contributed by atoms with E-state index in [-0.39, 0.29) is 11.8 Å². The minimum atomic E-state index is -5.00. The number of rotatable bonds is 3. The van der Waals surface area contributed by atoms with E-state index in [0.717, 1.165) is 9.80 Å². The predicted molar refractivity (Wildman–Crippen MR) is 73.8 cm³/mol. The van der Waals surface area contributed by atoms with E-state index in [1.807, 2.05) is 0 Å². The van der Waals surface area contributed by atoms with Crippen LogP contribution in [0.4, 0.5) is 31.1 Å². The molecule has 0 N–H and O–H groups in total. The minimum Gasteiger partial charge on any atom is -0.364 e. The van der Waals surface area contributed by atoms with Gasteiger partial charge in [0.05, 0.1) is 11.1 Å². The van der Waals surface area contributed by atoms with Gasteiger partial charge in [-0.2, -0.15) is 26.3 Å². The van der Waals surface area contributed by atoms with Gasteiger partial charge in [0, 0.05) is 33.3 Å². The molecule has 136 valence electrons. The van der Waals surface area contributed by atoms with Crippen LogP contribution in [0.5, 0.6) is 0 Å². The molecule has 0 aromatic heterocycles. The van der Waals surface area contributed by atoms with Crippen LogP contribution in [-0.2, 0) is 4.74 Å². The third-order valence-electron chi connectivity index (χ3n) is 3.04. The van der Waals surface area contributed by atoms with E-state index in [0.29, 0.717) is 12.2 Å². The highest BCUT2D eigenvalue weighted by atomic mass is 19.4. The topological polar surface area (TPSA) is 32.8 Å².